The summed E-state index contributed by atoms with van der Waals surface area (Å²) in [4.78, 5) is 27.9. The van der Waals surface area contributed by atoms with Crippen molar-refractivity contribution in [2.24, 2.45) is 0 Å². The summed E-state index contributed by atoms with van der Waals surface area (Å²) in [5.41, 5.74) is 4.47. The Bertz CT molecular complexity index is 1360. The molecule has 0 saturated heterocycles. The molecule has 4 aromatic rings. The van der Waals surface area contributed by atoms with E-state index in [4.69, 9.17) is 9.84 Å². The van der Waals surface area contributed by atoms with Crippen LogP contribution in [0.3, 0.4) is 0 Å². The molecule has 37 heavy (non-hydrogen) atoms. The van der Waals surface area contributed by atoms with Crippen LogP contribution in [-0.2, 0) is 9.59 Å². The molecule has 0 saturated carbocycles. The second kappa shape index (κ2) is 11.6. The van der Waals surface area contributed by atoms with Crippen LogP contribution in [-0.4, -0.2) is 45.7 Å². The number of carbonyl (C=O) groups is 2. The van der Waals surface area contributed by atoms with Crippen LogP contribution in [0.1, 0.15) is 25.1 Å². The lowest BCUT2D eigenvalue weighted by Crippen LogP contribution is -2.44. The highest BCUT2D eigenvalue weighted by molar-refractivity contribution is 5.98. The minimum Gasteiger partial charge on any atom is -0.484 e. The highest BCUT2D eigenvalue weighted by Crippen LogP contribution is 2.34. The number of hydrogen-bond donors (Lipinski definition) is 1. The molecule has 1 N–H and O–H groups in total. The van der Waals surface area contributed by atoms with Crippen molar-refractivity contribution in [3.05, 3.63) is 96.2 Å². The number of hydrogen-bond acceptors (Lipinski definition) is 4. The summed E-state index contributed by atoms with van der Waals surface area (Å²) >= 11 is 0. The molecule has 4 rings (SSSR count). The molecule has 190 valence electrons. The zero-order valence-electron chi connectivity index (χ0n) is 21.6. The Balaban J connectivity index is 1.60. The summed E-state index contributed by atoms with van der Waals surface area (Å²) in [7, 11) is 0. The molecule has 0 spiro atoms. The van der Waals surface area contributed by atoms with Gasteiger partial charge >= 0.3 is 0 Å². The Labute approximate surface area is 217 Å². The highest BCUT2D eigenvalue weighted by atomic mass is 16.5. The van der Waals surface area contributed by atoms with E-state index < -0.39 is 0 Å². The van der Waals surface area contributed by atoms with Crippen LogP contribution in [0.2, 0.25) is 0 Å². The van der Waals surface area contributed by atoms with E-state index in [0.717, 1.165) is 28.1 Å². The number of para-hydroxylation sites is 2. The van der Waals surface area contributed by atoms with Gasteiger partial charge in [0, 0.05) is 11.6 Å². The van der Waals surface area contributed by atoms with E-state index in [0.29, 0.717) is 11.6 Å². The van der Waals surface area contributed by atoms with E-state index in [2.05, 4.69) is 5.32 Å². The van der Waals surface area contributed by atoms with Gasteiger partial charge in [-0.2, -0.15) is 5.10 Å². The molecule has 0 bridgehead atoms. The quantitative estimate of drug-likeness (QED) is 0.336. The molecule has 0 aliphatic carbocycles. The monoisotopic (exact) mass is 496 g/mol. The van der Waals surface area contributed by atoms with Gasteiger partial charge in [-0.15, -0.1) is 0 Å². The number of carbonyl (C=O) groups excluding carboxylic acids is 2. The average Bonchev–Trinajstić information content (AvgIpc) is 3.22. The summed E-state index contributed by atoms with van der Waals surface area (Å²) in [5.74, 6) is 0.600. The number of nitrogens with zero attached hydrogens (tertiary/aromatic N) is 3. The lowest BCUT2D eigenvalue weighted by atomic mass is 10.1. The summed E-state index contributed by atoms with van der Waals surface area (Å²) < 4.78 is 7.40. The third-order valence-corrected chi connectivity index (χ3v) is 6.09. The molecule has 0 aliphatic heterocycles. The number of anilines is 1. The van der Waals surface area contributed by atoms with Crippen LogP contribution in [0.4, 0.5) is 5.82 Å². The first-order chi connectivity index (χ1) is 17.8. The number of benzene rings is 3. The van der Waals surface area contributed by atoms with Crippen molar-refractivity contribution < 1.29 is 14.3 Å². The fourth-order valence-electron chi connectivity index (χ4n) is 4.20. The summed E-state index contributed by atoms with van der Waals surface area (Å²) in [6.45, 7) is 7.44. The molecule has 0 radical (unpaired) electrons. The number of aromatic nitrogens is 2. The molecule has 7 nitrogen and oxygen atoms in total. The first-order valence-corrected chi connectivity index (χ1v) is 12.3. The Morgan fingerprint density at radius 3 is 2.19 bits per heavy atom. The summed E-state index contributed by atoms with van der Waals surface area (Å²) in [5, 5.41) is 7.85. The van der Waals surface area contributed by atoms with Crippen molar-refractivity contribution in [1.29, 1.82) is 0 Å². The Morgan fingerprint density at radius 2 is 1.54 bits per heavy atom. The van der Waals surface area contributed by atoms with Gasteiger partial charge in [-0.05, 0) is 57.0 Å². The third-order valence-electron chi connectivity index (χ3n) is 6.09. The van der Waals surface area contributed by atoms with Crippen LogP contribution in [0.15, 0.2) is 84.9 Å². The summed E-state index contributed by atoms with van der Waals surface area (Å²) in [6.07, 6.45) is 0. The molecule has 3 aromatic carbocycles. The predicted octanol–water partition coefficient (Wildman–Crippen LogP) is 5.41. The Hall–Kier alpha value is -4.39. The van der Waals surface area contributed by atoms with Gasteiger partial charge in [0.2, 0.25) is 5.91 Å². The molecule has 1 heterocycles. The standard InChI is InChI=1S/C30H32N4O3/c1-21(2)33(28(36)20-37-25-16-9-6-10-17-25)19-27(35)31-30-29(24-14-7-5-8-15-24)23(4)32-34(30)26-18-12-11-13-22(26)3/h5-18,21H,19-20H2,1-4H3,(H,31,35). The topological polar surface area (TPSA) is 76.5 Å². The van der Waals surface area contributed by atoms with Gasteiger partial charge < -0.3 is 15.0 Å². The lowest BCUT2D eigenvalue weighted by molar-refractivity contribution is -0.138. The number of rotatable bonds is 9. The van der Waals surface area contributed by atoms with E-state index in [-0.39, 0.29) is 31.0 Å². The zero-order valence-corrected chi connectivity index (χ0v) is 21.6. The van der Waals surface area contributed by atoms with Crippen LogP contribution in [0.5, 0.6) is 5.75 Å². The number of nitrogens with one attached hydrogen (secondary N) is 1. The van der Waals surface area contributed by atoms with Crippen LogP contribution >= 0.6 is 0 Å². The molecule has 0 unspecified atom stereocenters. The summed E-state index contributed by atoms with van der Waals surface area (Å²) in [6, 6.07) is 26.7. The van der Waals surface area contributed by atoms with Gasteiger partial charge in [-0.25, -0.2) is 4.68 Å². The van der Waals surface area contributed by atoms with Crippen molar-refractivity contribution in [2.75, 3.05) is 18.5 Å². The van der Waals surface area contributed by atoms with Crippen molar-refractivity contribution in [3.8, 4) is 22.6 Å². The highest BCUT2D eigenvalue weighted by Gasteiger charge is 2.24. The van der Waals surface area contributed by atoms with Gasteiger partial charge in [0.05, 0.1) is 11.4 Å². The first-order valence-electron chi connectivity index (χ1n) is 12.3. The number of amides is 2. The average molecular weight is 497 g/mol. The lowest BCUT2D eigenvalue weighted by Gasteiger charge is -2.26. The molecule has 0 fully saturated rings. The number of ether oxygens (including phenoxy) is 1. The van der Waals surface area contributed by atoms with Gasteiger partial charge in [0.1, 0.15) is 18.1 Å². The van der Waals surface area contributed by atoms with E-state index in [1.54, 1.807) is 16.8 Å². The molecule has 2 amide bonds. The van der Waals surface area contributed by atoms with Gasteiger partial charge in [0.15, 0.2) is 6.61 Å². The smallest absolute Gasteiger partial charge is 0.261 e. The van der Waals surface area contributed by atoms with Gasteiger partial charge in [-0.3, -0.25) is 9.59 Å². The van der Waals surface area contributed by atoms with Crippen molar-refractivity contribution in [2.45, 2.75) is 33.7 Å². The van der Waals surface area contributed by atoms with Gasteiger partial charge in [0.25, 0.3) is 5.91 Å². The largest absolute Gasteiger partial charge is 0.484 e. The molecular formula is C30H32N4O3. The van der Waals surface area contributed by atoms with E-state index in [9.17, 15) is 9.59 Å². The zero-order chi connectivity index (χ0) is 26.4. The fourth-order valence-corrected chi connectivity index (χ4v) is 4.20. The SMILES string of the molecule is Cc1ccccc1-n1nc(C)c(-c2ccccc2)c1NC(=O)CN(C(=O)COc1ccccc1)C(C)C. The molecule has 0 atom stereocenters. The maximum atomic E-state index is 13.4. The van der Waals surface area contributed by atoms with E-state index in [1.807, 2.05) is 100 Å². The second-order valence-corrected chi connectivity index (χ2v) is 9.14. The second-order valence-electron chi connectivity index (χ2n) is 9.14. The third kappa shape index (κ3) is 6.06. The van der Waals surface area contributed by atoms with Crippen molar-refractivity contribution in [3.63, 3.8) is 0 Å². The van der Waals surface area contributed by atoms with Crippen molar-refractivity contribution in [1.82, 2.24) is 14.7 Å². The van der Waals surface area contributed by atoms with Crippen LogP contribution < -0.4 is 10.1 Å². The number of aryl methyl sites for hydroxylation is 2. The van der Waals surface area contributed by atoms with Crippen LogP contribution in [0.25, 0.3) is 16.8 Å². The van der Waals surface area contributed by atoms with Crippen molar-refractivity contribution >= 4 is 17.6 Å². The first kappa shape index (κ1) is 25.7. The maximum absolute atomic E-state index is 13.4. The molecule has 7 heteroatoms. The van der Waals surface area contributed by atoms with Gasteiger partial charge in [-0.1, -0.05) is 66.7 Å². The van der Waals surface area contributed by atoms with E-state index in [1.165, 1.54) is 4.90 Å². The Kier molecular flexibility index (Phi) is 8.03. The Morgan fingerprint density at radius 1 is 0.919 bits per heavy atom. The van der Waals surface area contributed by atoms with E-state index >= 15 is 0 Å². The maximum Gasteiger partial charge on any atom is 0.261 e. The molecular weight excluding hydrogens is 464 g/mol. The fraction of sp³-hybridized carbons (Fsp3) is 0.233. The van der Waals surface area contributed by atoms with Crippen LogP contribution in [0, 0.1) is 13.8 Å². The normalized spacial score (nSPS) is 10.8. The molecule has 0 aliphatic rings. The predicted molar refractivity (Wildman–Crippen MR) is 146 cm³/mol. The molecule has 1 aromatic heterocycles. The minimum absolute atomic E-state index is 0.110. The minimum atomic E-state index is -0.311.